The van der Waals surface area contributed by atoms with Crippen LogP contribution in [-0.2, 0) is 17.9 Å². The number of carbonyl (C=O) groups excluding carboxylic acids is 2. The number of furan rings is 1. The van der Waals surface area contributed by atoms with Gasteiger partial charge in [-0.25, -0.2) is 9.37 Å². The van der Waals surface area contributed by atoms with Gasteiger partial charge in [-0.1, -0.05) is 12.1 Å². The topological polar surface area (TPSA) is 89.2 Å². The largest absolute Gasteiger partial charge is 0.465 e. The average molecular weight is 434 g/mol. The first-order valence-electron chi connectivity index (χ1n) is 10.3. The molecule has 0 unspecified atom stereocenters. The van der Waals surface area contributed by atoms with Crippen LogP contribution in [0, 0.1) is 12.7 Å². The van der Waals surface area contributed by atoms with Gasteiger partial charge in [0.15, 0.2) is 0 Å². The molecule has 164 valence electrons. The molecule has 0 atom stereocenters. The van der Waals surface area contributed by atoms with E-state index in [1.165, 1.54) is 13.0 Å². The number of rotatable bonds is 6. The van der Waals surface area contributed by atoms with Gasteiger partial charge < -0.3 is 19.6 Å². The molecule has 2 aromatic heterocycles. The lowest BCUT2D eigenvalue weighted by atomic mass is 10.1. The fraction of sp³-hybridized carbons (Fsp3) is 0.208. The number of aryl methyl sites for hydroxylation is 2. The zero-order chi connectivity index (χ0) is 22.8. The molecule has 0 bridgehead atoms. The fourth-order valence-electron chi connectivity index (χ4n) is 3.72. The van der Waals surface area contributed by atoms with Crippen molar-refractivity contribution in [2.24, 2.45) is 0 Å². The molecule has 32 heavy (non-hydrogen) atoms. The van der Waals surface area contributed by atoms with Gasteiger partial charge in [0.2, 0.25) is 5.91 Å². The molecule has 7 nitrogen and oxygen atoms in total. The highest BCUT2D eigenvalue weighted by Gasteiger charge is 2.21. The first-order valence-corrected chi connectivity index (χ1v) is 10.3. The number of aromatic nitrogens is 2. The van der Waals surface area contributed by atoms with Crippen molar-refractivity contribution in [1.29, 1.82) is 0 Å². The Labute approximate surface area is 184 Å². The molecule has 0 fully saturated rings. The lowest BCUT2D eigenvalue weighted by molar-refractivity contribution is -0.114. The summed E-state index contributed by atoms with van der Waals surface area (Å²) in [5, 5.41) is 5.56. The van der Waals surface area contributed by atoms with Crippen molar-refractivity contribution >= 4 is 28.5 Å². The number of nitrogens with zero attached hydrogens (tertiary/aromatic N) is 2. The third-order valence-corrected chi connectivity index (χ3v) is 5.06. The monoisotopic (exact) mass is 434 g/mol. The highest BCUT2D eigenvalue weighted by molar-refractivity contribution is 6.08. The number of halogens is 1. The van der Waals surface area contributed by atoms with Crippen LogP contribution in [0.4, 0.5) is 10.1 Å². The number of nitrogens with one attached hydrogen (secondary N) is 2. The van der Waals surface area contributed by atoms with Crippen molar-refractivity contribution in [3.63, 3.8) is 0 Å². The SMILES string of the molecule is CCn1c(-c2ccccc2F)nc2cc(NC(C)=O)cc(C(=O)NCc3ccc(C)o3)c21. The third-order valence-electron chi connectivity index (χ3n) is 5.06. The van der Waals surface area contributed by atoms with Crippen molar-refractivity contribution in [2.75, 3.05) is 5.32 Å². The summed E-state index contributed by atoms with van der Waals surface area (Å²) >= 11 is 0. The predicted molar refractivity (Wildman–Crippen MR) is 120 cm³/mol. The number of fused-ring (bicyclic) bond motifs is 1. The number of imidazole rings is 1. The van der Waals surface area contributed by atoms with Crippen molar-refractivity contribution in [1.82, 2.24) is 14.9 Å². The first kappa shape index (κ1) is 21.3. The second-order valence-electron chi connectivity index (χ2n) is 7.43. The Morgan fingerprint density at radius 1 is 1.16 bits per heavy atom. The maximum absolute atomic E-state index is 14.5. The van der Waals surface area contributed by atoms with Gasteiger partial charge in [-0.3, -0.25) is 9.59 Å². The summed E-state index contributed by atoms with van der Waals surface area (Å²) < 4.78 is 21.9. The van der Waals surface area contributed by atoms with Crippen LogP contribution in [0.15, 0.2) is 52.9 Å². The van der Waals surface area contributed by atoms with Crippen LogP contribution < -0.4 is 10.6 Å². The number of benzene rings is 2. The van der Waals surface area contributed by atoms with E-state index in [4.69, 9.17) is 4.42 Å². The van der Waals surface area contributed by atoms with E-state index in [2.05, 4.69) is 15.6 Å². The second kappa shape index (κ2) is 8.66. The van der Waals surface area contributed by atoms with Gasteiger partial charge in [0, 0.05) is 19.2 Å². The Morgan fingerprint density at radius 3 is 2.59 bits per heavy atom. The minimum Gasteiger partial charge on any atom is -0.465 e. The molecule has 0 aliphatic rings. The van der Waals surface area contributed by atoms with Crippen LogP contribution in [0.1, 0.15) is 35.7 Å². The van der Waals surface area contributed by atoms with E-state index < -0.39 is 5.82 Å². The van der Waals surface area contributed by atoms with Gasteiger partial charge in [0.1, 0.15) is 23.2 Å². The molecule has 4 aromatic rings. The summed E-state index contributed by atoms with van der Waals surface area (Å²) in [6.07, 6.45) is 0. The summed E-state index contributed by atoms with van der Waals surface area (Å²) in [5.74, 6) is 0.760. The molecule has 8 heteroatoms. The summed E-state index contributed by atoms with van der Waals surface area (Å²) in [4.78, 5) is 29.4. The van der Waals surface area contributed by atoms with E-state index in [1.54, 1.807) is 41.0 Å². The third kappa shape index (κ3) is 4.12. The second-order valence-corrected chi connectivity index (χ2v) is 7.43. The van der Waals surface area contributed by atoms with E-state index >= 15 is 0 Å². The standard InChI is InChI=1S/C24H23FN4O3/c1-4-29-22-19(24(31)26-13-17-10-9-14(2)32-17)11-16(27-15(3)30)12-21(22)28-23(29)18-7-5-6-8-20(18)25/h5-12H,4,13H2,1-3H3,(H,26,31)(H,27,30). The average Bonchev–Trinajstić information content (AvgIpc) is 3.34. The molecule has 2 aromatic carbocycles. The molecule has 2 amide bonds. The summed E-state index contributed by atoms with van der Waals surface area (Å²) in [6.45, 7) is 5.80. The quantitative estimate of drug-likeness (QED) is 0.462. The molecule has 2 N–H and O–H groups in total. The van der Waals surface area contributed by atoms with Gasteiger partial charge in [0.25, 0.3) is 5.91 Å². The Balaban J connectivity index is 1.84. The molecule has 4 rings (SSSR count). The number of hydrogen-bond donors (Lipinski definition) is 2. The van der Waals surface area contributed by atoms with Gasteiger partial charge in [-0.2, -0.15) is 0 Å². The first-order chi connectivity index (χ1) is 15.4. The Hall–Kier alpha value is -3.94. The van der Waals surface area contributed by atoms with E-state index in [1.807, 2.05) is 19.9 Å². The molecule has 0 aliphatic carbocycles. The smallest absolute Gasteiger partial charge is 0.253 e. The van der Waals surface area contributed by atoms with Crippen molar-refractivity contribution < 1.29 is 18.4 Å². The van der Waals surface area contributed by atoms with E-state index in [0.29, 0.717) is 46.0 Å². The van der Waals surface area contributed by atoms with E-state index in [-0.39, 0.29) is 18.4 Å². The van der Waals surface area contributed by atoms with Crippen LogP contribution in [0.3, 0.4) is 0 Å². The number of anilines is 1. The minimum absolute atomic E-state index is 0.207. The van der Waals surface area contributed by atoms with Gasteiger partial charge >= 0.3 is 0 Å². The van der Waals surface area contributed by atoms with Crippen LogP contribution >= 0.6 is 0 Å². The normalized spacial score (nSPS) is 11.0. The molecule has 0 saturated carbocycles. The summed E-state index contributed by atoms with van der Waals surface area (Å²) in [7, 11) is 0. The highest BCUT2D eigenvalue weighted by Crippen LogP contribution is 2.31. The number of amides is 2. The fourth-order valence-corrected chi connectivity index (χ4v) is 3.72. The van der Waals surface area contributed by atoms with Crippen molar-refractivity contribution in [3.05, 3.63) is 71.4 Å². The number of carbonyl (C=O) groups is 2. The Bertz CT molecular complexity index is 1320. The lowest BCUT2D eigenvalue weighted by Crippen LogP contribution is -2.23. The lowest BCUT2D eigenvalue weighted by Gasteiger charge is -2.12. The van der Waals surface area contributed by atoms with Crippen LogP contribution in [0.2, 0.25) is 0 Å². The molecule has 0 aliphatic heterocycles. The van der Waals surface area contributed by atoms with Gasteiger partial charge in [-0.05, 0) is 50.2 Å². The van der Waals surface area contributed by atoms with Crippen molar-refractivity contribution in [2.45, 2.75) is 33.9 Å². The van der Waals surface area contributed by atoms with Crippen molar-refractivity contribution in [3.8, 4) is 11.4 Å². The number of hydrogen-bond acceptors (Lipinski definition) is 4. The maximum Gasteiger partial charge on any atom is 0.253 e. The summed E-state index contributed by atoms with van der Waals surface area (Å²) in [6, 6.07) is 13.3. The molecular formula is C24H23FN4O3. The molecule has 0 radical (unpaired) electrons. The molecule has 2 heterocycles. The molecule has 0 saturated heterocycles. The molecule has 0 spiro atoms. The van der Waals surface area contributed by atoms with Crippen LogP contribution in [0.5, 0.6) is 0 Å². The maximum atomic E-state index is 14.5. The Kier molecular flexibility index (Phi) is 5.77. The van der Waals surface area contributed by atoms with E-state index in [0.717, 1.165) is 5.76 Å². The van der Waals surface area contributed by atoms with Gasteiger partial charge in [0.05, 0.1) is 28.7 Å². The van der Waals surface area contributed by atoms with E-state index in [9.17, 15) is 14.0 Å². The van der Waals surface area contributed by atoms with Crippen LogP contribution in [0.25, 0.3) is 22.4 Å². The minimum atomic E-state index is -0.404. The zero-order valence-corrected chi connectivity index (χ0v) is 18.0. The Morgan fingerprint density at radius 2 is 1.94 bits per heavy atom. The zero-order valence-electron chi connectivity index (χ0n) is 18.0. The van der Waals surface area contributed by atoms with Crippen LogP contribution in [-0.4, -0.2) is 21.4 Å². The highest BCUT2D eigenvalue weighted by atomic mass is 19.1. The predicted octanol–water partition coefficient (Wildman–Crippen LogP) is 4.65. The van der Waals surface area contributed by atoms with Gasteiger partial charge in [-0.15, -0.1) is 0 Å². The summed E-state index contributed by atoms with van der Waals surface area (Å²) in [5.41, 5.74) is 2.14. The molecular weight excluding hydrogens is 411 g/mol.